The molecule has 6 rings (SSSR count). The minimum Gasteiger partial charge on any atom is -0.369 e. The Labute approximate surface area is 259 Å². The Bertz CT molecular complexity index is 1630. The Morgan fingerprint density at radius 1 is 0.953 bits per heavy atom. The van der Waals surface area contributed by atoms with Crippen LogP contribution in [0.15, 0.2) is 72.8 Å². The third kappa shape index (κ3) is 5.73. The molecule has 7 nitrogen and oxygen atoms in total. The number of Topliss-reactive ketones (excluding diaryl/α,β-unsaturated/α-hetero) is 1. The van der Waals surface area contributed by atoms with Crippen LogP contribution in [-0.2, 0) is 21.4 Å². The smallest absolute Gasteiger partial charge is 0.264 e. The number of rotatable bonds is 8. The third-order valence-corrected chi connectivity index (χ3v) is 11.9. The van der Waals surface area contributed by atoms with E-state index >= 15 is 0 Å². The molecule has 3 aromatic rings. The Hall–Kier alpha value is -3.20. The maximum absolute atomic E-state index is 13.1. The van der Waals surface area contributed by atoms with E-state index in [9.17, 15) is 18.0 Å². The number of carbonyl (C=O) groups excluding carboxylic acids is 2. The Balaban J connectivity index is 1.05. The van der Waals surface area contributed by atoms with Gasteiger partial charge in [-0.2, -0.15) is 0 Å². The van der Waals surface area contributed by atoms with E-state index in [1.807, 2.05) is 38.1 Å². The van der Waals surface area contributed by atoms with Crippen LogP contribution in [0.25, 0.3) is 11.1 Å². The van der Waals surface area contributed by atoms with Crippen molar-refractivity contribution in [3.05, 3.63) is 88.9 Å². The Morgan fingerprint density at radius 3 is 2.26 bits per heavy atom. The molecule has 1 aliphatic heterocycles. The predicted molar refractivity (Wildman–Crippen MR) is 171 cm³/mol. The fourth-order valence-corrected chi connectivity index (χ4v) is 9.39. The average Bonchev–Trinajstić information content (AvgIpc) is 3.32. The van der Waals surface area contributed by atoms with E-state index in [0.717, 1.165) is 55.4 Å². The Morgan fingerprint density at radius 2 is 1.63 bits per heavy atom. The third-order valence-electron chi connectivity index (χ3n) is 10.3. The van der Waals surface area contributed by atoms with Gasteiger partial charge in [0.05, 0.1) is 11.2 Å². The van der Waals surface area contributed by atoms with Crippen LogP contribution in [0.1, 0.15) is 49.0 Å². The molecule has 226 valence electrons. The molecule has 1 amide bonds. The molecule has 0 aromatic heterocycles. The largest absolute Gasteiger partial charge is 0.369 e. The van der Waals surface area contributed by atoms with Gasteiger partial charge in [-0.25, -0.2) is 13.1 Å². The zero-order valence-electron chi connectivity index (χ0n) is 24.7. The van der Waals surface area contributed by atoms with Crippen molar-refractivity contribution in [2.24, 2.45) is 16.7 Å². The van der Waals surface area contributed by atoms with Gasteiger partial charge < -0.3 is 4.90 Å². The number of nitrogens with zero attached hydrogens (tertiary/aromatic N) is 2. The number of carbonyl (C=O) groups is 2. The van der Waals surface area contributed by atoms with E-state index in [4.69, 9.17) is 11.6 Å². The SMILES string of the molecule is CC1(C)C2CC[C@@]1(CS(=O)(=O)NC(=O)c1ccc(N3CCN(Cc4ccccc4-c4ccc(Cl)cc4)CC3)cc1)C(=O)C2. The topological polar surface area (TPSA) is 86.8 Å². The van der Waals surface area contributed by atoms with Crippen LogP contribution in [-0.4, -0.2) is 56.9 Å². The number of fused-ring (bicyclic) bond motifs is 2. The number of sulfonamides is 1. The molecule has 2 saturated carbocycles. The summed E-state index contributed by atoms with van der Waals surface area (Å²) >= 11 is 6.09. The number of amides is 1. The summed E-state index contributed by atoms with van der Waals surface area (Å²) in [5.41, 5.74) is 3.62. The van der Waals surface area contributed by atoms with Crippen molar-refractivity contribution in [3.8, 4) is 11.1 Å². The molecule has 1 N–H and O–H groups in total. The van der Waals surface area contributed by atoms with Crippen molar-refractivity contribution in [2.75, 3.05) is 36.8 Å². The lowest BCUT2D eigenvalue weighted by Gasteiger charge is -2.36. The van der Waals surface area contributed by atoms with Gasteiger partial charge >= 0.3 is 0 Å². The van der Waals surface area contributed by atoms with Crippen molar-refractivity contribution >= 4 is 39.0 Å². The maximum Gasteiger partial charge on any atom is 0.264 e. The zero-order valence-corrected chi connectivity index (χ0v) is 26.3. The molecule has 3 aromatic carbocycles. The Kier molecular flexibility index (Phi) is 7.90. The van der Waals surface area contributed by atoms with Gasteiger partial charge in [-0.1, -0.05) is 61.8 Å². The first-order valence-electron chi connectivity index (χ1n) is 15.0. The first kappa shape index (κ1) is 29.9. The van der Waals surface area contributed by atoms with Gasteiger partial charge in [-0.15, -0.1) is 0 Å². The van der Waals surface area contributed by atoms with Crippen molar-refractivity contribution in [3.63, 3.8) is 0 Å². The fourth-order valence-electron chi connectivity index (χ4n) is 7.47. The van der Waals surface area contributed by atoms with E-state index in [2.05, 4.69) is 50.9 Å². The summed E-state index contributed by atoms with van der Waals surface area (Å²) in [6.07, 6.45) is 1.85. The van der Waals surface area contributed by atoms with Gasteiger partial charge in [-0.3, -0.25) is 14.5 Å². The minimum atomic E-state index is -3.99. The second-order valence-corrected chi connectivity index (χ2v) is 15.0. The molecule has 3 fully saturated rings. The summed E-state index contributed by atoms with van der Waals surface area (Å²) in [4.78, 5) is 30.5. The minimum absolute atomic E-state index is 0.0155. The van der Waals surface area contributed by atoms with Crippen LogP contribution in [0.3, 0.4) is 0 Å². The van der Waals surface area contributed by atoms with Crippen LogP contribution >= 0.6 is 11.6 Å². The molecule has 2 aliphatic carbocycles. The van der Waals surface area contributed by atoms with Gasteiger partial charge in [0.25, 0.3) is 5.91 Å². The van der Waals surface area contributed by atoms with Gasteiger partial charge in [0.2, 0.25) is 10.0 Å². The molecule has 1 saturated heterocycles. The number of piperazine rings is 1. The summed E-state index contributed by atoms with van der Waals surface area (Å²) in [6, 6.07) is 23.5. The summed E-state index contributed by atoms with van der Waals surface area (Å²) in [7, 11) is -3.99. The lowest BCUT2D eigenvalue weighted by Crippen LogP contribution is -2.46. The second-order valence-electron chi connectivity index (χ2n) is 12.8. The number of halogens is 1. The van der Waals surface area contributed by atoms with Crippen LogP contribution in [0, 0.1) is 16.7 Å². The first-order valence-corrected chi connectivity index (χ1v) is 17.0. The fraction of sp³-hybridized carbons (Fsp3) is 0.412. The molecule has 43 heavy (non-hydrogen) atoms. The number of ketones is 1. The summed E-state index contributed by atoms with van der Waals surface area (Å²) in [6.45, 7) is 8.31. The highest BCUT2D eigenvalue weighted by atomic mass is 35.5. The standard InChI is InChI=1S/C34H38ClN3O4S/c1-33(2)27-15-16-34(33,31(39)21-27)23-43(41,42)36-32(40)25-9-13-29(14-10-25)38-19-17-37(18-20-38)22-26-5-3-4-6-30(26)24-7-11-28(35)12-8-24/h3-14,27H,15-23H2,1-2H3,(H,36,40)/t27?,34-/m1/s1. The van der Waals surface area contributed by atoms with Crippen molar-refractivity contribution < 1.29 is 18.0 Å². The second kappa shape index (κ2) is 11.4. The summed E-state index contributed by atoms with van der Waals surface area (Å²) in [5, 5.41) is 0.726. The first-order chi connectivity index (χ1) is 20.5. The average molecular weight is 620 g/mol. The van der Waals surface area contributed by atoms with Gasteiger partial charge in [0, 0.05) is 55.4 Å². The molecular weight excluding hydrogens is 582 g/mol. The normalized spacial score (nSPS) is 23.5. The highest BCUT2D eigenvalue weighted by Crippen LogP contribution is 2.64. The molecule has 1 heterocycles. The van der Waals surface area contributed by atoms with Crippen LogP contribution in [0.2, 0.25) is 5.02 Å². The lowest BCUT2D eigenvalue weighted by atomic mass is 9.70. The summed E-state index contributed by atoms with van der Waals surface area (Å²) < 4.78 is 28.4. The zero-order chi connectivity index (χ0) is 30.4. The highest BCUT2D eigenvalue weighted by molar-refractivity contribution is 7.90. The quantitative estimate of drug-likeness (QED) is 0.344. The molecular formula is C34H38ClN3O4S. The number of nitrogens with one attached hydrogen (secondary N) is 1. The predicted octanol–water partition coefficient (Wildman–Crippen LogP) is 5.78. The summed E-state index contributed by atoms with van der Waals surface area (Å²) in [5.74, 6) is -0.766. The molecule has 0 radical (unpaired) electrons. The molecule has 0 spiro atoms. The number of hydrogen-bond acceptors (Lipinski definition) is 6. The van der Waals surface area contributed by atoms with E-state index in [-0.39, 0.29) is 28.4 Å². The number of anilines is 1. The van der Waals surface area contributed by atoms with Gasteiger partial charge in [0.1, 0.15) is 5.78 Å². The monoisotopic (exact) mass is 619 g/mol. The van der Waals surface area contributed by atoms with E-state index in [0.29, 0.717) is 12.8 Å². The van der Waals surface area contributed by atoms with E-state index in [1.54, 1.807) is 12.1 Å². The van der Waals surface area contributed by atoms with Crippen molar-refractivity contribution in [2.45, 2.75) is 39.7 Å². The van der Waals surface area contributed by atoms with E-state index < -0.39 is 21.3 Å². The number of hydrogen-bond donors (Lipinski definition) is 1. The van der Waals surface area contributed by atoms with Crippen LogP contribution < -0.4 is 9.62 Å². The van der Waals surface area contributed by atoms with Gasteiger partial charge in [-0.05, 0) is 77.3 Å². The molecule has 2 bridgehead atoms. The van der Waals surface area contributed by atoms with Crippen molar-refractivity contribution in [1.29, 1.82) is 0 Å². The molecule has 3 aliphatic rings. The van der Waals surface area contributed by atoms with Crippen LogP contribution in [0.4, 0.5) is 5.69 Å². The molecule has 1 unspecified atom stereocenters. The maximum atomic E-state index is 13.1. The van der Waals surface area contributed by atoms with Crippen LogP contribution in [0.5, 0.6) is 0 Å². The lowest BCUT2D eigenvalue weighted by molar-refractivity contribution is -0.128. The van der Waals surface area contributed by atoms with Crippen molar-refractivity contribution in [1.82, 2.24) is 9.62 Å². The molecule has 9 heteroatoms. The van der Waals surface area contributed by atoms with Gasteiger partial charge in [0.15, 0.2) is 0 Å². The van der Waals surface area contributed by atoms with E-state index in [1.165, 1.54) is 11.1 Å². The number of benzene rings is 3. The highest BCUT2D eigenvalue weighted by Gasteiger charge is 2.65. The molecule has 2 atom stereocenters.